The summed E-state index contributed by atoms with van der Waals surface area (Å²) in [7, 11) is -1.71. The molecule has 2 aromatic heterocycles. The summed E-state index contributed by atoms with van der Waals surface area (Å²) in [5.41, 5.74) is 1.80. The van der Waals surface area contributed by atoms with E-state index in [-0.39, 0.29) is 9.79 Å². The number of imidazole rings is 1. The molecule has 0 fully saturated rings. The molecule has 0 atom stereocenters. The summed E-state index contributed by atoms with van der Waals surface area (Å²) in [5.74, 6) is 0. The lowest BCUT2D eigenvalue weighted by atomic mass is 10.2. The van der Waals surface area contributed by atoms with Gasteiger partial charge in [-0.2, -0.15) is 0 Å². The Morgan fingerprint density at radius 2 is 1.85 bits per heavy atom. The van der Waals surface area contributed by atoms with Crippen LogP contribution >= 0.6 is 11.6 Å². The van der Waals surface area contributed by atoms with Crippen molar-refractivity contribution in [2.24, 2.45) is 7.05 Å². The number of benzene rings is 2. The highest BCUT2D eigenvalue weighted by molar-refractivity contribution is 7.91. The molecule has 27 heavy (non-hydrogen) atoms. The average Bonchev–Trinajstić information content (AvgIpc) is 3.24. The van der Waals surface area contributed by atoms with E-state index in [0.717, 1.165) is 11.2 Å². The number of hydrogen-bond acceptors (Lipinski definition) is 3. The molecule has 0 aliphatic heterocycles. The van der Waals surface area contributed by atoms with E-state index in [2.05, 4.69) is 4.98 Å². The Bertz CT molecular complexity index is 1210. The van der Waals surface area contributed by atoms with Crippen LogP contribution in [0.4, 0.5) is 0 Å². The van der Waals surface area contributed by atoms with Crippen LogP contribution < -0.4 is 0 Å². The van der Waals surface area contributed by atoms with E-state index in [1.165, 1.54) is 0 Å². The Balaban J connectivity index is 1.80. The smallest absolute Gasteiger partial charge is 0.208 e. The molecule has 0 radical (unpaired) electrons. The van der Waals surface area contributed by atoms with Gasteiger partial charge in [0, 0.05) is 48.3 Å². The van der Waals surface area contributed by atoms with Gasteiger partial charge in [-0.1, -0.05) is 29.8 Å². The molecule has 5 nitrogen and oxygen atoms in total. The van der Waals surface area contributed by atoms with Gasteiger partial charge in [0.1, 0.15) is 0 Å². The quantitative estimate of drug-likeness (QED) is 0.507. The van der Waals surface area contributed by atoms with Crippen molar-refractivity contribution >= 4 is 32.3 Å². The number of nitrogens with zero attached hydrogens (tertiary/aromatic N) is 3. The summed E-state index contributed by atoms with van der Waals surface area (Å²) in [4.78, 5) is 4.88. The maximum atomic E-state index is 13.2. The minimum Gasteiger partial charge on any atom is -0.346 e. The summed E-state index contributed by atoms with van der Waals surface area (Å²) >= 11 is 6.15. The first kappa shape index (κ1) is 17.8. The lowest BCUT2D eigenvalue weighted by Crippen LogP contribution is -2.02. The number of sulfone groups is 1. The fourth-order valence-corrected chi connectivity index (χ4v) is 4.85. The first-order chi connectivity index (χ1) is 12.9. The minimum atomic E-state index is -3.64. The summed E-state index contributed by atoms with van der Waals surface area (Å²) in [6.07, 6.45) is 6.13. The topological polar surface area (TPSA) is 56.9 Å². The zero-order valence-corrected chi connectivity index (χ0v) is 16.3. The molecule has 0 amide bonds. The number of rotatable bonds is 5. The first-order valence-corrected chi connectivity index (χ1v) is 10.4. The Hall–Kier alpha value is -2.57. The van der Waals surface area contributed by atoms with Gasteiger partial charge in [-0.3, -0.25) is 0 Å². The van der Waals surface area contributed by atoms with E-state index >= 15 is 0 Å². The normalized spacial score (nSPS) is 11.9. The van der Waals surface area contributed by atoms with Gasteiger partial charge in [0.15, 0.2) is 0 Å². The van der Waals surface area contributed by atoms with E-state index in [1.54, 1.807) is 55.0 Å². The molecule has 2 heterocycles. The van der Waals surface area contributed by atoms with Gasteiger partial charge in [-0.15, -0.1) is 0 Å². The van der Waals surface area contributed by atoms with Gasteiger partial charge in [0.2, 0.25) is 9.84 Å². The minimum absolute atomic E-state index is 0.271. The van der Waals surface area contributed by atoms with Gasteiger partial charge >= 0.3 is 0 Å². The van der Waals surface area contributed by atoms with Gasteiger partial charge in [0.05, 0.1) is 21.8 Å². The van der Waals surface area contributed by atoms with E-state index in [4.69, 9.17) is 11.6 Å². The first-order valence-electron chi connectivity index (χ1n) is 8.50. The molecule has 0 spiro atoms. The van der Waals surface area contributed by atoms with Crippen molar-refractivity contribution in [1.29, 1.82) is 0 Å². The Kier molecular flexibility index (Phi) is 4.53. The monoisotopic (exact) mass is 399 g/mol. The third-order valence-electron chi connectivity index (χ3n) is 4.52. The summed E-state index contributed by atoms with van der Waals surface area (Å²) in [5, 5.41) is 1.14. The van der Waals surface area contributed by atoms with E-state index in [1.807, 2.05) is 28.4 Å². The highest BCUT2D eigenvalue weighted by Crippen LogP contribution is 2.32. The molecule has 138 valence electrons. The third-order valence-corrected chi connectivity index (χ3v) is 6.55. The number of hydrogen-bond donors (Lipinski definition) is 0. The molecule has 4 rings (SSSR count). The highest BCUT2D eigenvalue weighted by Gasteiger charge is 2.23. The molecular formula is C20H18ClN3O2S. The maximum absolute atomic E-state index is 13.2. The predicted molar refractivity (Wildman–Crippen MR) is 106 cm³/mol. The molecule has 0 unspecified atom stereocenters. The van der Waals surface area contributed by atoms with Gasteiger partial charge in [-0.25, -0.2) is 13.4 Å². The molecule has 0 N–H and O–H groups in total. The Morgan fingerprint density at radius 1 is 1.07 bits per heavy atom. The molecule has 2 aromatic carbocycles. The maximum Gasteiger partial charge on any atom is 0.208 e. The van der Waals surface area contributed by atoms with Crippen LogP contribution in [0.2, 0.25) is 5.02 Å². The van der Waals surface area contributed by atoms with Crippen LogP contribution in [0.25, 0.3) is 10.9 Å². The van der Waals surface area contributed by atoms with E-state index in [0.29, 0.717) is 23.4 Å². The Morgan fingerprint density at radius 3 is 2.56 bits per heavy atom. The van der Waals surface area contributed by atoms with Crippen molar-refractivity contribution < 1.29 is 8.42 Å². The summed E-state index contributed by atoms with van der Waals surface area (Å²) in [6.45, 7) is 0.624. The standard InChI is InChI=1S/C20H18ClN3O2S/c1-23-12-16(22-14-23)9-10-24-13-20(18-11-15(21)7-8-19(18)24)27(25,26)17-5-3-2-4-6-17/h2-8,11-14H,9-10H2,1H3. The van der Waals surface area contributed by atoms with Crippen LogP contribution in [0.5, 0.6) is 0 Å². The van der Waals surface area contributed by atoms with Crippen molar-refractivity contribution in [3.63, 3.8) is 0 Å². The van der Waals surface area contributed by atoms with Gasteiger partial charge in [-0.05, 0) is 30.3 Å². The molecular weight excluding hydrogens is 382 g/mol. The SMILES string of the molecule is Cn1cnc(CCn2cc(S(=O)(=O)c3ccccc3)c3cc(Cl)ccc32)c1. The second kappa shape index (κ2) is 6.87. The van der Waals surface area contributed by atoms with E-state index in [9.17, 15) is 8.42 Å². The number of aryl methyl sites for hydroxylation is 3. The van der Waals surface area contributed by atoms with Gasteiger partial charge in [0.25, 0.3) is 0 Å². The molecule has 0 bridgehead atoms. The third kappa shape index (κ3) is 3.38. The summed E-state index contributed by atoms with van der Waals surface area (Å²) < 4.78 is 30.2. The molecule has 0 saturated heterocycles. The van der Waals surface area contributed by atoms with Crippen LogP contribution in [-0.4, -0.2) is 22.5 Å². The lowest BCUT2D eigenvalue weighted by molar-refractivity contribution is 0.596. The van der Waals surface area contributed by atoms with Crippen molar-refractivity contribution in [3.8, 4) is 0 Å². The average molecular weight is 400 g/mol. The largest absolute Gasteiger partial charge is 0.346 e. The molecule has 0 saturated carbocycles. The lowest BCUT2D eigenvalue weighted by Gasteiger charge is -2.03. The van der Waals surface area contributed by atoms with Crippen LogP contribution in [-0.2, 0) is 29.9 Å². The van der Waals surface area contributed by atoms with Crippen molar-refractivity contribution in [1.82, 2.24) is 14.1 Å². The molecule has 0 aliphatic carbocycles. The second-order valence-corrected chi connectivity index (χ2v) is 8.80. The molecule has 0 aliphatic rings. The van der Waals surface area contributed by atoms with Crippen LogP contribution in [0, 0.1) is 0 Å². The number of halogens is 1. The number of aromatic nitrogens is 3. The van der Waals surface area contributed by atoms with E-state index < -0.39 is 9.84 Å². The van der Waals surface area contributed by atoms with Crippen molar-refractivity contribution in [3.05, 3.63) is 78.0 Å². The highest BCUT2D eigenvalue weighted by atomic mass is 35.5. The zero-order chi connectivity index (χ0) is 19.0. The predicted octanol–water partition coefficient (Wildman–Crippen LogP) is 4.10. The second-order valence-electron chi connectivity index (χ2n) is 6.45. The fraction of sp³-hybridized carbons (Fsp3) is 0.150. The van der Waals surface area contributed by atoms with Crippen molar-refractivity contribution in [2.45, 2.75) is 22.8 Å². The number of fused-ring (bicyclic) bond motifs is 1. The molecule has 4 aromatic rings. The van der Waals surface area contributed by atoms with Crippen molar-refractivity contribution in [2.75, 3.05) is 0 Å². The van der Waals surface area contributed by atoms with Gasteiger partial charge < -0.3 is 9.13 Å². The summed E-state index contributed by atoms with van der Waals surface area (Å²) in [6, 6.07) is 13.8. The molecule has 7 heteroatoms. The zero-order valence-electron chi connectivity index (χ0n) is 14.7. The Labute approximate surface area is 162 Å². The van der Waals surface area contributed by atoms with Crippen LogP contribution in [0.1, 0.15) is 5.69 Å². The van der Waals surface area contributed by atoms with Crippen LogP contribution in [0.3, 0.4) is 0 Å². The van der Waals surface area contributed by atoms with Crippen LogP contribution in [0.15, 0.2) is 77.0 Å². The fourth-order valence-electron chi connectivity index (χ4n) is 3.19.